The summed E-state index contributed by atoms with van der Waals surface area (Å²) in [5.74, 6) is 2.41. The van der Waals surface area contributed by atoms with Crippen molar-refractivity contribution >= 4 is 28.6 Å². The minimum Gasteiger partial charge on any atom is -0.398 e. The molecule has 1 saturated heterocycles. The zero-order valence-electron chi connectivity index (χ0n) is 15.1. The summed E-state index contributed by atoms with van der Waals surface area (Å²) in [5.41, 5.74) is -0.354. The lowest BCUT2D eigenvalue weighted by atomic mass is 9.82. The molecule has 1 aromatic rings. The first-order chi connectivity index (χ1) is 11.7. The third kappa shape index (κ3) is 4.74. The Morgan fingerprint density at radius 2 is 1.76 bits per heavy atom. The maximum Gasteiger partial charge on any atom is 0.525 e. The molecular formula is C19H23BBrFO3. The van der Waals surface area contributed by atoms with Crippen LogP contribution in [0.5, 0.6) is 0 Å². The van der Waals surface area contributed by atoms with Gasteiger partial charge in [0.1, 0.15) is 12.3 Å². The highest BCUT2D eigenvalue weighted by Crippen LogP contribution is 2.40. The number of hydrogen-bond donors (Lipinski definition) is 0. The van der Waals surface area contributed by atoms with Crippen LogP contribution in [-0.2, 0) is 14.0 Å². The van der Waals surface area contributed by atoms with E-state index in [0.717, 1.165) is 10.0 Å². The van der Waals surface area contributed by atoms with Crippen molar-refractivity contribution in [1.29, 1.82) is 0 Å². The van der Waals surface area contributed by atoms with Gasteiger partial charge < -0.3 is 14.0 Å². The average molecular weight is 409 g/mol. The average Bonchev–Trinajstić information content (AvgIpc) is 2.76. The molecule has 3 nitrogen and oxygen atoms in total. The fourth-order valence-electron chi connectivity index (χ4n) is 2.45. The van der Waals surface area contributed by atoms with Crippen LogP contribution in [0.1, 0.15) is 39.7 Å². The molecule has 0 bridgehead atoms. The van der Waals surface area contributed by atoms with E-state index in [4.69, 9.17) is 20.5 Å². The van der Waals surface area contributed by atoms with Crippen molar-refractivity contribution in [3.63, 3.8) is 0 Å². The predicted molar refractivity (Wildman–Crippen MR) is 103 cm³/mol. The number of hydrogen-bond acceptors (Lipinski definition) is 3. The largest absolute Gasteiger partial charge is 0.525 e. The molecule has 0 amide bonds. The van der Waals surface area contributed by atoms with E-state index in [1.165, 1.54) is 0 Å². The monoisotopic (exact) mass is 408 g/mol. The number of benzene rings is 1. The fourth-order valence-corrected chi connectivity index (χ4v) is 2.71. The van der Waals surface area contributed by atoms with Crippen LogP contribution >= 0.6 is 15.9 Å². The van der Waals surface area contributed by atoms with Gasteiger partial charge in [0.2, 0.25) is 0 Å². The minimum atomic E-state index is -1.03. The van der Waals surface area contributed by atoms with Gasteiger partial charge in [-0.2, -0.15) is 0 Å². The van der Waals surface area contributed by atoms with E-state index in [2.05, 4.69) is 21.9 Å². The molecule has 1 aliphatic heterocycles. The van der Waals surface area contributed by atoms with E-state index in [1.54, 1.807) is 0 Å². The Bertz CT molecular complexity index is 661. The smallest absolute Gasteiger partial charge is 0.398 e. The van der Waals surface area contributed by atoms with Gasteiger partial charge in [0, 0.05) is 4.47 Å². The number of halogens is 2. The van der Waals surface area contributed by atoms with Gasteiger partial charge in [-0.25, -0.2) is 4.39 Å². The van der Waals surface area contributed by atoms with E-state index in [1.807, 2.05) is 52.0 Å². The summed E-state index contributed by atoms with van der Waals surface area (Å²) in [6.45, 7) is 8.12. The molecule has 1 heterocycles. The normalized spacial score (nSPS) is 19.5. The van der Waals surface area contributed by atoms with Crippen molar-refractivity contribution in [2.75, 3.05) is 13.2 Å². The Morgan fingerprint density at radius 1 is 1.20 bits per heavy atom. The summed E-state index contributed by atoms with van der Waals surface area (Å²) in [5, 5.41) is 0. The third-order valence-corrected chi connectivity index (χ3v) is 5.15. The van der Waals surface area contributed by atoms with Crippen LogP contribution in [0.2, 0.25) is 0 Å². The SMILES string of the molecule is C#CCOCCC(=C(F)B1OC(C)(C)C(C)(C)O1)c1ccc(Br)cc1. The Balaban J connectivity index is 2.31. The zero-order valence-corrected chi connectivity index (χ0v) is 16.7. The maximum absolute atomic E-state index is 15.3. The van der Waals surface area contributed by atoms with Crippen LogP contribution in [-0.4, -0.2) is 31.5 Å². The molecule has 0 atom stereocenters. The highest BCUT2D eigenvalue weighted by molar-refractivity contribution is 9.10. The summed E-state index contributed by atoms with van der Waals surface area (Å²) in [6, 6.07) is 7.45. The van der Waals surface area contributed by atoms with Crippen LogP contribution < -0.4 is 0 Å². The van der Waals surface area contributed by atoms with E-state index < -0.39 is 24.0 Å². The lowest BCUT2D eigenvalue weighted by Crippen LogP contribution is -2.41. The molecule has 134 valence electrons. The highest BCUT2D eigenvalue weighted by atomic mass is 79.9. The zero-order chi connectivity index (χ0) is 18.7. The third-order valence-electron chi connectivity index (χ3n) is 4.62. The molecule has 1 fully saturated rings. The van der Waals surface area contributed by atoms with Crippen LogP contribution in [0, 0.1) is 12.3 Å². The summed E-state index contributed by atoms with van der Waals surface area (Å²) in [6.07, 6.45) is 5.56. The number of rotatable bonds is 6. The summed E-state index contributed by atoms with van der Waals surface area (Å²) < 4.78 is 33.2. The van der Waals surface area contributed by atoms with Gasteiger partial charge >= 0.3 is 7.12 Å². The molecule has 1 aliphatic rings. The van der Waals surface area contributed by atoms with E-state index in [0.29, 0.717) is 18.6 Å². The summed E-state index contributed by atoms with van der Waals surface area (Å²) in [4.78, 5) is 0. The van der Waals surface area contributed by atoms with E-state index in [9.17, 15) is 0 Å². The van der Waals surface area contributed by atoms with Gasteiger partial charge in [-0.3, -0.25) is 0 Å². The van der Waals surface area contributed by atoms with Crippen molar-refractivity contribution in [2.24, 2.45) is 0 Å². The number of terminal acetylenes is 1. The van der Waals surface area contributed by atoms with E-state index >= 15 is 4.39 Å². The van der Waals surface area contributed by atoms with Crippen molar-refractivity contribution in [3.8, 4) is 12.3 Å². The van der Waals surface area contributed by atoms with Crippen LogP contribution in [0.3, 0.4) is 0 Å². The van der Waals surface area contributed by atoms with Crippen LogP contribution in [0.4, 0.5) is 4.39 Å². The standard InChI is InChI=1S/C19H23BBrFO3/c1-6-12-23-13-11-16(14-7-9-15(21)10-8-14)17(22)20-24-18(2,3)19(4,5)25-20/h1,7-10H,11-13H2,2-5H3. The first-order valence-electron chi connectivity index (χ1n) is 8.19. The van der Waals surface area contributed by atoms with E-state index in [-0.39, 0.29) is 6.61 Å². The lowest BCUT2D eigenvalue weighted by molar-refractivity contribution is 0.00578. The van der Waals surface area contributed by atoms with Gasteiger partial charge in [-0.15, -0.1) is 6.42 Å². The Labute approximate surface area is 158 Å². The lowest BCUT2D eigenvalue weighted by Gasteiger charge is -2.32. The van der Waals surface area contributed by atoms with Gasteiger partial charge in [0.15, 0.2) is 0 Å². The quantitative estimate of drug-likeness (QED) is 0.384. The molecule has 0 N–H and O–H groups in total. The van der Waals surface area contributed by atoms with Gasteiger partial charge in [0.05, 0.1) is 17.8 Å². The predicted octanol–water partition coefficient (Wildman–Crippen LogP) is 4.80. The molecule has 0 unspecified atom stereocenters. The second kappa shape index (κ2) is 8.05. The Hall–Kier alpha value is -1.13. The molecule has 0 spiro atoms. The molecular weight excluding hydrogens is 386 g/mol. The second-order valence-corrected chi connectivity index (χ2v) is 7.84. The first-order valence-corrected chi connectivity index (χ1v) is 8.98. The van der Waals surface area contributed by atoms with Gasteiger partial charge in [0.25, 0.3) is 0 Å². The fraction of sp³-hybridized carbons (Fsp3) is 0.474. The molecule has 1 aromatic carbocycles. The number of ether oxygens (including phenoxy) is 1. The molecule has 6 heteroatoms. The maximum atomic E-state index is 15.3. The molecule has 0 aromatic heterocycles. The molecule has 2 rings (SSSR count). The summed E-state index contributed by atoms with van der Waals surface area (Å²) >= 11 is 3.39. The Morgan fingerprint density at radius 3 is 2.28 bits per heavy atom. The molecule has 0 saturated carbocycles. The van der Waals surface area contributed by atoms with Crippen molar-refractivity contribution in [1.82, 2.24) is 0 Å². The minimum absolute atomic E-state index is 0.200. The van der Waals surface area contributed by atoms with Gasteiger partial charge in [-0.1, -0.05) is 34.0 Å². The first kappa shape index (κ1) is 20.2. The second-order valence-electron chi connectivity index (χ2n) is 6.93. The topological polar surface area (TPSA) is 27.7 Å². The molecule has 25 heavy (non-hydrogen) atoms. The summed E-state index contributed by atoms with van der Waals surface area (Å²) in [7, 11) is -1.03. The molecule has 0 radical (unpaired) electrons. The van der Waals surface area contributed by atoms with Crippen molar-refractivity contribution in [3.05, 3.63) is 40.0 Å². The Kier molecular flexibility index (Phi) is 6.50. The molecule has 0 aliphatic carbocycles. The highest BCUT2D eigenvalue weighted by Gasteiger charge is 2.53. The van der Waals surface area contributed by atoms with Crippen LogP contribution in [0.15, 0.2) is 34.5 Å². The van der Waals surface area contributed by atoms with Gasteiger partial charge in [-0.05, 0) is 57.4 Å². The van der Waals surface area contributed by atoms with Crippen LogP contribution in [0.25, 0.3) is 5.57 Å². The van der Waals surface area contributed by atoms with Crippen molar-refractivity contribution in [2.45, 2.75) is 45.3 Å². The van der Waals surface area contributed by atoms with Crippen molar-refractivity contribution < 1.29 is 18.4 Å².